The first-order valence-corrected chi connectivity index (χ1v) is 38.9. The monoisotopic (exact) mass is 1650 g/mol. The van der Waals surface area contributed by atoms with Crippen molar-refractivity contribution in [1.29, 1.82) is 0 Å². The van der Waals surface area contributed by atoms with E-state index in [0.29, 0.717) is 0 Å². The first-order chi connectivity index (χ1) is 59.5. The second kappa shape index (κ2) is 40.4. The molecule has 0 radical (unpaired) electrons. The molecule has 3 aliphatic heterocycles. The highest BCUT2D eigenvalue weighted by molar-refractivity contribution is 5.97. The van der Waals surface area contributed by atoms with Crippen LogP contribution in [0.25, 0.3) is 0 Å². The van der Waals surface area contributed by atoms with Gasteiger partial charge in [0.1, 0.15) is 44.2 Å². The van der Waals surface area contributed by atoms with Gasteiger partial charge in [-0.1, -0.05) is 212 Å². The van der Waals surface area contributed by atoms with Crippen LogP contribution in [0, 0.1) is 0 Å². The highest BCUT2D eigenvalue weighted by Crippen LogP contribution is 2.44. The van der Waals surface area contributed by atoms with E-state index in [0.717, 1.165) is 0 Å². The summed E-state index contributed by atoms with van der Waals surface area (Å²) >= 11 is 0. The van der Waals surface area contributed by atoms with Gasteiger partial charge in [-0.15, -0.1) is 0 Å². The van der Waals surface area contributed by atoms with Crippen LogP contribution in [0.5, 0.6) is 0 Å². The van der Waals surface area contributed by atoms with E-state index in [1.807, 2.05) is 0 Å². The van der Waals surface area contributed by atoms with Crippen LogP contribution in [-0.2, 0) is 71.1 Å². The van der Waals surface area contributed by atoms with E-state index < -0.39 is 177 Å². The van der Waals surface area contributed by atoms with Crippen LogP contribution in [0.3, 0.4) is 0 Å². The van der Waals surface area contributed by atoms with Gasteiger partial charge in [-0.3, -0.25) is 4.79 Å². The highest BCUT2D eigenvalue weighted by Gasteiger charge is 2.66. The Kier molecular flexibility index (Phi) is 27.8. The van der Waals surface area contributed by atoms with E-state index in [1.54, 1.807) is 140 Å². The number of benzene rings is 11. The fourth-order valence-electron chi connectivity index (χ4n) is 13.9. The first kappa shape index (κ1) is 84.1. The SMILES string of the molecule is O=C(CCC1O[C@@H](O[C@@H]2C(COC(=O)c3ccccc3)O[C@@H](O[C@]3(COC(=O)c4ccccc4)O[C@H](COC(=O)c4ccccc4)[C@@H](OC(=O)c4ccccc4)[C@H]3OC(=O)c3ccccc3)C(OC(=O)c3ccccc3)[C@H]2OC(=O)c2ccccc2)C(OC(=O)c2ccccc2)[C@@H](OC(=O)c2ccccc2)[C@@H]1OC(=O)c1ccccc1)c1ccccc1. The van der Waals surface area contributed by atoms with Crippen LogP contribution in [0.4, 0.5) is 0 Å². The second-order valence-corrected chi connectivity index (χ2v) is 28.1. The lowest BCUT2D eigenvalue weighted by Gasteiger charge is -2.50. The van der Waals surface area contributed by atoms with Crippen molar-refractivity contribution in [3.05, 3.63) is 395 Å². The van der Waals surface area contributed by atoms with Crippen molar-refractivity contribution >= 4 is 65.5 Å². The second-order valence-electron chi connectivity index (χ2n) is 28.1. The molecule has 11 aromatic carbocycles. The number of rotatable bonds is 31. The normalized spacial score (nSPS) is 22.0. The molecule has 122 heavy (non-hydrogen) atoms. The molecule has 11 aromatic rings. The topological polar surface area (TPSA) is 326 Å². The summed E-state index contributed by atoms with van der Waals surface area (Å²) in [6.45, 7) is -3.15. The summed E-state index contributed by atoms with van der Waals surface area (Å²) < 4.78 is 100. The zero-order valence-corrected chi connectivity index (χ0v) is 64.9. The first-order valence-electron chi connectivity index (χ1n) is 38.9. The summed E-state index contributed by atoms with van der Waals surface area (Å²) in [5.41, 5.74) is -0.463. The minimum atomic E-state index is -3.05. The number of carbonyl (C=O) groups excluding carboxylic acids is 11. The van der Waals surface area contributed by atoms with E-state index in [4.69, 9.17) is 71.1 Å². The molecule has 0 spiro atoms. The fraction of sp³-hybridized carbons (Fsp3) is 0.198. The van der Waals surface area contributed by atoms with Crippen molar-refractivity contribution < 1.29 is 124 Å². The lowest BCUT2D eigenvalue weighted by molar-refractivity contribution is -0.395. The van der Waals surface area contributed by atoms with E-state index >= 15 is 24.0 Å². The molecule has 26 heteroatoms. The quantitative estimate of drug-likeness (QED) is 0.0221. The molecule has 0 amide bonds. The van der Waals surface area contributed by atoms with E-state index in [-0.39, 0.29) is 67.6 Å². The van der Waals surface area contributed by atoms with Crippen LogP contribution < -0.4 is 0 Å². The van der Waals surface area contributed by atoms with Crippen molar-refractivity contribution in [2.24, 2.45) is 0 Å². The Balaban J connectivity index is 0.978. The maximum Gasteiger partial charge on any atom is 0.338 e. The Morgan fingerprint density at radius 1 is 0.246 bits per heavy atom. The van der Waals surface area contributed by atoms with Gasteiger partial charge in [0, 0.05) is 12.0 Å². The number of Topliss-reactive ketones (excluding diaryl/α,β-unsaturated/α-hetero) is 1. The van der Waals surface area contributed by atoms with Crippen molar-refractivity contribution in [3.8, 4) is 0 Å². The van der Waals surface area contributed by atoms with Gasteiger partial charge in [0.2, 0.25) is 12.1 Å². The molecular formula is C96H78O26. The third kappa shape index (κ3) is 21.0. The predicted molar refractivity (Wildman–Crippen MR) is 431 cm³/mol. The van der Waals surface area contributed by atoms with Crippen molar-refractivity contribution in [2.45, 2.75) is 98.4 Å². The third-order valence-electron chi connectivity index (χ3n) is 19.9. The molecule has 0 saturated carbocycles. The summed E-state index contributed by atoms with van der Waals surface area (Å²) in [6, 6.07) is 83.4. The summed E-state index contributed by atoms with van der Waals surface area (Å²) in [5.74, 6) is -14.4. The number of hydrogen-bond donors (Lipinski definition) is 0. The predicted octanol–water partition coefficient (Wildman–Crippen LogP) is 13.7. The molecule has 14 atom stereocenters. The molecule has 0 N–H and O–H groups in total. The highest BCUT2D eigenvalue weighted by atomic mass is 16.8. The average molecular weight is 1650 g/mol. The van der Waals surface area contributed by atoms with Crippen molar-refractivity contribution in [2.75, 3.05) is 19.8 Å². The Morgan fingerprint density at radius 2 is 0.508 bits per heavy atom. The van der Waals surface area contributed by atoms with Gasteiger partial charge in [0.15, 0.2) is 54.8 Å². The standard InChI is InChI=1S/C96H78O26/c97-72(61-34-12-1-13-35-61)56-57-73-76(113-87(101)65-42-20-5-21-43-65)79(115-89(103)67-46-24-7-25-47-67)81(117-91(105)69-50-28-9-29-51-69)94(111-73)119-77-74(58-108-84(98)62-36-14-2-15-37-62)112-95(82(118-92(106)70-52-30-10-31-53-70)80(77)116-90(104)68-48-26-8-27-49-68)122-96(60-110-86(100)64-40-18-4-19-41-64)83(120-93(107)71-54-32-11-33-55-71)78(114-88(102)66-44-22-6-23-45-66)75(121-96)59-109-85(99)63-38-16-3-17-39-63/h1-55,73-83,94-95H,56-60H2/t73?,74?,75-,76-,77-,78-,79+,80+,81?,82?,83-,94+,95+,96+/m1/s1. The molecule has 3 heterocycles. The Labute approximate surface area is 698 Å². The Hall–Kier alpha value is -14.4. The molecule has 0 aromatic heterocycles. The van der Waals surface area contributed by atoms with E-state index in [1.165, 1.54) is 194 Å². The van der Waals surface area contributed by atoms with Gasteiger partial charge in [-0.2, -0.15) is 0 Å². The van der Waals surface area contributed by atoms with Gasteiger partial charge < -0.3 is 71.1 Å². The van der Waals surface area contributed by atoms with Gasteiger partial charge in [0.05, 0.1) is 55.6 Å². The minimum Gasteiger partial charge on any atom is -0.459 e. The summed E-state index contributed by atoms with van der Waals surface area (Å²) in [5, 5.41) is 0. The molecule has 3 saturated heterocycles. The smallest absolute Gasteiger partial charge is 0.338 e. The lowest BCUT2D eigenvalue weighted by atomic mass is 9.92. The average Bonchev–Trinajstić information content (AvgIpc) is 1.77. The molecule has 0 aliphatic carbocycles. The van der Waals surface area contributed by atoms with Crippen molar-refractivity contribution in [1.82, 2.24) is 0 Å². The van der Waals surface area contributed by atoms with Gasteiger partial charge in [-0.25, -0.2) is 47.9 Å². The fourth-order valence-corrected chi connectivity index (χ4v) is 13.9. The number of carbonyl (C=O) groups is 11. The van der Waals surface area contributed by atoms with Gasteiger partial charge in [-0.05, 0) is 128 Å². The summed E-state index contributed by atoms with van der Waals surface area (Å²) in [4.78, 5) is 165. The molecule has 26 nitrogen and oxygen atoms in total. The maximum atomic E-state index is 15.7. The van der Waals surface area contributed by atoms with Crippen molar-refractivity contribution in [3.63, 3.8) is 0 Å². The Morgan fingerprint density at radius 3 is 0.861 bits per heavy atom. The minimum absolute atomic E-state index is 0.00955. The molecule has 0 bridgehead atoms. The largest absolute Gasteiger partial charge is 0.459 e. The van der Waals surface area contributed by atoms with Crippen LogP contribution in [0.2, 0.25) is 0 Å². The number of ether oxygens (including phenoxy) is 15. The lowest BCUT2D eigenvalue weighted by Crippen LogP contribution is -2.68. The molecule has 4 unspecified atom stereocenters. The van der Waals surface area contributed by atoms with Crippen LogP contribution in [-0.4, -0.2) is 171 Å². The number of ketones is 1. The van der Waals surface area contributed by atoms with Crippen LogP contribution in [0.1, 0.15) is 127 Å². The molecule has 3 fully saturated rings. The Bertz CT molecular complexity index is 5400. The zero-order chi connectivity index (χ0) is 84.7. The number of hydrogen-bond acceptors (Lipinski definition) is 26. The number of esters is 10. The molecular weight excluding hydrogens is 1570 g/mol. The van der Waals surface area contributed by atoms with Gasteiger partial charge in [0.25, 0.3) is 0 Å². The third-order valence-corrected chi connectivity index (χ3v) is 19.9. The van der Waals surface area contributed by atoms with Crippen LogP contribution >= 0.6 is 0 Å². The van der Waals surface area contributed by atoms with E-state index in [2.05, 4.69) is 0 Å². The zero-order valence-electron chi connectivity index (χ0n) is 64.9. The van der Waals surface area contributed by atoms with Crippen LogP contribution in [0.15, 0.2) is 334 Å². The maximum absolute atomic E-state index is 15.7. The van der Waals surface area contributed by atoms with Gasteiger partial charge >= 0.3 is 59.7 Å². The molecule has 14 rings (SSSR count). The van der Waals surface area contributed by atoms with E-state index in [9.17, 15) is 28.8 Å². The molecule has 618 valence electrons. The summed E-state index contributed by atoms with van der Waals surface area (Å²) in [6.07, 6.45) is -28.4. The molecule has 3 aliphatic rings. The summed E-state index contributed by atoms with van der Waals surface area (Å²) in [7, 11) is 0.